The van der Waals surface area contributed by atoms with Crippen molar-refractivity contribution in [1.29, 1.82) is 0 Å². The summed E-state index contributed by atoms with van der Waals surface area (Å²) in [7, 11) is 0. The molecule has 9 heteroatoms. The zero-order valence-electron chi connectivity index (χ0n) is 15.8. The molecule has 27 heavy (non-hydrogen) atoms. The van der Waals surface area contributed by atoms with E-state index in [2.05, 4.69) is 0 Å². The van der Waals surface area contributed by atoms with Gasteiger partial charge >= 0.3 is 6.09 Å². The van der Waals surface area contributed by atoms with Gasteiger partial charge in [0.05, 0.1) is 24.1 Å². The van der Waals surface area contributed by atoms with Gasteiger partial charge in [0.1, 0.15) is 5.60 Å². The Labute approximate surface area is 157 Å². The van der Waals surface area contributed by atoms with Crippen LogP contribution in [0.15, 0.2) is 24.3 Å². The molecule has 0 spiro atoms. The van der Waals surface area contributed by atoms with Crippen LogP contribution in [0.5, 0.6) is 0 Å². The molecule has 1 heterocycles. The lowest BCUT2D eigenvalue weighted by atomic mass is 10.1. The number of benzene rings is 1. The molecule has 0 radical (unpaired) electrons. The van der Waals surface area contributed by atoms with Gasteiger partial charge in [-0.2, -0.15) is 0 Å². The van der Waals surface area contributed by atoms with Crippen molar-refractivity contribution in [2.45, 2.75) is 32.4 Å². The molecule has 1 aliphatic rings. The summed E-state index contributed by atoms with van der Waals surface area (Å²) < 4.78 is 5.35. The van der Waals surface area contributed by atoms with Gasteiger partial charge in [-0.05, 0) is 20.8 Å². The maximum absolute atomic E-state index is 12.5. The van der Waals surface area contributed by atoms with Crippen LogP contribution in [0.4, 0.5) is 10.5 Å². The van der Waals surface area contributed by atoms with Crippen LogP contribution < -0.4 is 0 Å². The van der Waals surface area contributed by atoms with Crippen LogP contribution in [0.2, 0.25) is 0 Å². The number of amides is 1. The Hall–Kier alpha value is -2.52. The summed E-state index contributed by atoms with van der Waals surface area (Å²) >= 11 is 0. The molecule has 0 aromatic heterocycles. The summed E-state index contributed by atoms with van der Waals surface area (Å²) in [5.41, 5.74) is -0.509. The van der Waals surface area contributed by atoms with Crippen molar-refractivity contribution in [2.75, 3.05) is 32.8 Å². The van der Waals surface area contributed by atoms with Crippen LogP contribution in [-0.4, -0.2) is 76.1 Å². The quantitative estimate of drug-likeness (QED) is 0.470. The third-order valence-electron chi connectivity index (χ3n) is 4.19. The number of carbonyl (C=O) groups excluding carboxylic acids is 2. The Kier molecular flexibility index (Phi) is 6.50. The minimum atomic E-state index is -0.610. The summed E-state index contributed by atoms with van der Waals surface area (Å²) in [6, 6.07) is 5.16. The van der Waals surface area contributed by atoms with Crippen molar-refractivity contribution >= 4 is 17.6 Å². The van der Waals surface area contributed by atoms with Crippen LogP contribution in [0.25, 0.3) is 0 Å². The highest BCUT2D eigenvalue weighted by Crippen LogP contribution is 2.17. The Morgan fingerprint density at radius 1 is 1.33 bits per heavy atom. The maximum atomic E-state index is 12.5. The van der Waals surface area contributed by atoms with Gasteiger partial charge in [-0.15, -0.1) is 0 Å². The first-order valence-electron chi connectivity index (χ1n) is 8.71. The highest BCUT2D eigenvalue weighted by Gasteiger charge is 2.32. The van der Waals surface area contributed by atoms with Gasteiger partial charge in [-0.3, -0.25) is 19.8 Å². The number of rotatable bonds is 5. The van der Waals surface area contributed by atoms with Crippen LogP contribution in [0, 0.1) is 10.1 Å². The highest BCUT2D eigenvalue weighted by atomic mass is 16.6. The summed E-state index contributed by atoms with van der Waals surface area (Å²) in [6.45, 7) is 6.13. The number of nitro benzene ring substituents is 1. The maximum Gasteiger partial charge on any atom is 0.410 e. The number of aliphatic hydroxyl groups excluding tert-OH is 1. The zero-order chi connectivity index (χ0) is 20.2. The molecule has 1 unspecified atom stereocenters. The molecule has 1 N–H and O–H groups in total. The van der Waals surface area contributed by atoms with E-state index in [1.54, 1.807) is 25.7 Å². The van der Waals surface area contributed by atoms with E-state index in [0.29, 0.717) is 13.1 Å². The topological polar surface area (TPSA) is 113 Å². The molecule has 1 aliphatic heterocycles. The number of ketones is 1. The van der Waals surface area contributed by atoms with E-state index in [4.69, 9.17) is 4.74 Å². The van der Waals surface area contributed by atoms with Gasteiger partial charge in [0.2, 0.25) is 0 Å². The Morgan fingerprint density at radius 2 is 2.04 bits per heavy atom. The van der Waals surface area contributed by atoms with E-state index in [-0.39, 0.29) is 36.7 Å². The first-order chi connectivity index (χ1) is 12.6. The van der Waals surface area contributed by atoms with Gasteiger partial charge in [0.15, 0.2) is 5.78 Å². The van der Waals surface area contributed by atoms with Gasteiger partial charge in [-0.1, -0.05) is 12.1 Å². The fourth-order valence-corrected chi connectivity index (χ4v) is 2.84. The number of hydrogen-bond acceptors (Lipinski definition) is 7. The van der Waals surface area contributed by atoms with Crippen molar-refractivity contribution in [3.05, 3.63) is 39.9 Å². The van der Waals surface area contributed by atoms with Crippen LogP contribution in [0.1, 0.15) is 31.1 Å². The first kappa shape index (κ1) is 20.8. The monoisotopic (exact) mass is 379 g/mol. The Balaban J connectivity index is 2.01. The fourth-order valence-electron chi connectivity index (χ4n) is 2.84. The highest BCUT2D eigenvalue weighted by molar-refractivity contribution is 5.98. The number of aliphatic hydroxyl groups is 1. The summed E-state index contributed by atoms with van der Waals surface area (Å²) in [6.07, 6.45) is -0.453. The lowest BCUT2D eigenvalue weighted by Gasteiger charge is -2.40. The number of piperazine rings is 1. The lowest BCUT2D eigenvalue weighted by Crippen LogP contribution is -2.57. The van der Waals surface area contributed by atoms with Gasteiger partial charge < -0.3 is 14.7 Å². The number of nitrogens with zero attached hydrogens (tertiary/aromatic N) is 3. The summed E-state index contributed by atoms with van der Waals surface area (Å²) in [5, 5.41) is 20.5. The van der Waals surface area contributed by atoms with E-state index < -0.39 is 22.7 Å². The number of Topliss-reactive ketones (excluding diaryl/α,β-unsaturated/α-hetero) is 1. The molecule has 0 saturated carbocycles. The predicted octanol–water partition coefficient (Wildman–Crippen LogP) is 1.69. The Morgan fingerprint density at radius 3 is 2.63 bits per heavy atom. The second-order valence-electron chi connectivity index (χ2n) is 7.46. The smallest absolute Gasteiger partial charge is 0.410 e. The van der Waals surface area contributed by atoms with E-state index >= 15 is 0 Å². The second-order valence-corrected chi connectivity index (χ2v) is 7.46. The molecule has 1 atom stereocenters. The molecule has 1 aromatic carbocycles. The minimum Gasteiger partial charge on any atom is -0.444 e. The third-order valence-corrected chi connectivity index (χ3v) is 4.19. The zero-order valence-corrected chi connectivity index (χ0v) is 15.8. The number of hydrogen-bond donors (Lipinski definition) is 1. The van der Waals surface area contributed by atoms with Gasteiger partial charge in [0, 0.05) is 37.3 Å². The largest absolute Gasteiger partial charge is 0.444 e. The molecular formula is C18H25N3O6. The molecule has 148 valence electrons. The van der Waals surface area contributed by atoms with E-state index in [9.17, 15) is 24.8 Å². The minimum absolute atomic E-state index is 0.00848. The van der Waals surface area contributed by atoms with Gasteiger partial charge in [-0.25, -0.2) is 4.79 Å². The molecule has 0 bridgehead atoms. The van der Waals surface area contributed by atoms with E-state index in [0.717, 1.165) is 0 Å². The summed E-state index contributed by atoms with van der Waals surface area (Å²) in [5.74, 6) is -0.275. The molecule has 1 saturated heterocycles. The molecule has 9 nitrogen and oxygen atoms in total. The van der Waals surface area contributed by atoms with Crippen molar-refractivity contribution in [1.82, 2.24) is 9.80 Å². The first-order valence-corrected chi connectivity index (χ1v) is 8.71. The van der Waals surface area contributed by atoms with Crippen LogP contribution >= 0.6 is 0 Å². The SMILES string of the molecule is CC(C)(C)OC(=O)N1CCN(CC(=O)c2cccc([N+](=O)[O-])c2)C(CO)C1. The molecule has 1 amide bonds. The Bertz CT molecular complexity index is 715. The average molecular weight is 379 g/mol. The van der Waals surface area contributed by atoms with Crippen LogP contribution in [0.3, 0.4) is 0 Å². The second kappa shape index (κ2) is 8.45. The number of carbonyl (C=O) groups is 2. The number of ether oxygens (including phenoxy) is 1. The van der Waals surface area contributed by atoms with Crippen molar-refractivity contribution in [2.24, 2.45) is 0 Å². The molecule has 2 rings (SSSR count). The molecule has 0 aliphatic carbocycles. The summed E-state index contributed by atoms with van der Waals surface area (Å²) in [4.78, 5) is 38.3. The molecular weight excluding hydrogens is 354 g/mol. The predicted molar refractivity (Wildman–Crippen MR) is 97.7 cm³/mol. The normalized spacial score (nSPS) is 18.2. The standard InChI is InChI=1S/C18H25N3O6/c1-18(2,3)27-17(24)20-8-7-19(15(10-20)12-22)11-16(23)13-5-4-6-14(9-13)21(25)26/h4-6,9,15,22H,7-8,10-12H2,1-3H3. The average Bonchev–Trinajstić information content (AvgIpc) is 2.60. The third kappa shape index (κ3) is 5.73. The molecule has 1 fully saturated rings. The van der Waals surface area contributed by atoms with Crippen molar-refractivity contribution in [3.8, 4) is 0 Å². The van der Waals surface area contributed by atoms with Crippen LogP contribution in [-0.2, 0) is 4.74 Å². The lowest BCUT2D eigenvalue weighted by molar-refractivity contribution is -0.384. The van der Waals surface area contributed by atoms with E-state index in [1.807, 2.05) is 0 Å². The van der Waals surface area contributed by atoms with Crippen molar-refractivity contribution < 1.29 is 24.4 Å². The van der Waals surface area contributed by atoms with Gasteiger partial charge in [0.25, 0.3) is 5.69 Å². The number of non-ortho nitro benzene ring substituents is 1. The van der Waals surface area contributed by atoms with E-state index in [1.165, 1.54) is 29.2 Å². The number of nitro groups is 1. The molecule has 1 aromatic rings. The fraction of sp³-hybridized carbons (Fsp3) is 0.556. The van der Waals surface area contributed by atoms with Crippen molar-refractivity contribution in [3.63, 3.8) is 0 Å².